The highest BCUT2D eigenvalue weighted by Crippen LogP contribution is 2.29. The van der Waals surface area contributed by atoms with Crippen LogP contribution in [0.5, 0.6) is 0 Å². The fourth-order valence-electron chi connectivity index (χ4n) is 4.44. The molecule has 3 aliphatic heterocycles. The van der Waals surface area contributed by atoms with Crippen LogP contribution in [0.25, 0.3) is 0 Å². The molecule has 2 atom stereocenters. The Morgan fingerprint density at radius 1 is 1.07 bits per heavy atom. The van der Waals surface area contributed by atoms with Gasteiger partial charge in [-0.3, -0.25) is 4.79 Å². The SMILES string of the molecule is Cc1ccc(S(=O)(=O)N2CCCCC2)cc1C(=O)N1C[C@H]2CNC[C@H]2C1.Cl. The predicted molar refractivity (Wildman–Crippen MR) is 107 cm³/mol. The number of amides is 1. The number of halogens is 1. The van der Waals surface area contributed by atoms with Gasteiger partial charge < -0.3 is 10.2 Å². The summed E-state index contributed by atoms with van der Waals surface area (Å²) in [6, 6.07) is 5.00. The van der Waals surface area contributed by atoms with Gasteiger partial charge in [0, 0.05) is 44.8 Å². The normalized spacial score (nSPS) is 25.9. The maximum atomic E-state index is 13.1. The molecule has 3 fully saturated rings. The second kappa shape index (κ2) is 8.07. The molecule has 3 heterocycles. The molecule has 6 nitrogen and oxygen atoms in total. The number of nitrogens with zero attached hydrogens (tertiary/aromatic N) is 2. The summed E-state index contributed by atoms with van der Waals surface area (Å²) < 4.78 is 27.5. The molecule has 150 valence electrons. The minimum atomic E-state index is -3.52. The Morgan fingerprint density at radius 3 is 2.33 bits per heavy atom. The van der Waals surface area contributed by atoms with Crippen molar-refractivity contribution in [3.05, 3.63) is 29.3 Å². The topological polar surface area (TPSA) is 69.7 Å². The molecule has 3 saturated heterocycles. The number of carbonyl (C=O) groups excluding carboxylic acids is 1. The molecule has 0 saturated carbocycles. The van der Waals surface area contributed by atoms with E-state index in [1.807, 2.05) is 11.8 Å². The smallest absolute Gasteiger partial charge is 0.254 e. The average molecular weight is 414 g/mol. The summed E-state index contributed by atoms with van der Waals surface area (Å²) in [6.07, 6.45) is 2.89. The Kier molecular flexibility index (Phi) is 6.15. The second-order valence-corrected chi connectivity index (χ2v) is 9.77. The van der Waals surface area contributed by atoms with Gasteiger partial charge in [-0.15, -0.1) is 12.4 Å². The van der Waals surface area contributed by atoms with Crippen molar-refractivity contribution >= 4 is 28.3 Å². The van der Waals surface area contributed by atoms with E-state index in [2.05, 4.69) is 5.32 Å². The first-order valence-electron chi connectivity index (χ1n) is 9.57. The molecule has 0 unspecified atom stereocenters. The van der Waals surface area contributed by atoms with Crippen LogP contribution in [0.1, 0.15) is 35.2 Å². The third-order valence-corrected chi connectivity index (χ3v) is 7.96. The van der Waals surface area contributed by atoms with Crippen molar-refractivity contribution in [2.24, 2.45) is 11.8 Å². The zero-order valence-corrected chi connectivity index (χ0v) is 17.3. The number of benzene rings is 1. The average Bonchev–Trinajstić information content (AvgIpc) is 3.24. The van der Waals surface area contributed by atoms with E-state index in [4.69, 9.17) is 0 Å². The molecule has 1 amide bonds. The van der Waals surface area contributed by atoms with Crippen LogP contribution < -0.4 is 5.32 Å². The maximum Gasteiger partial charge on any atom is 0.254 e. The van der Waals surface area contributed by atoms with Gasteiger partial charge in [-0.25, -0.2) is 8.42 Å². The molecule has 3 aliphatic rings. The Labute approximate surface area is 167 Å². The number of nitrogens with one attached hydrogen (secondary N) is 1. The maximum absolute atomic E-state index is 13.1. The number of carbonyl (C=O) groups is 1. The number of rotatable bonds is 3. The Morgan fingerprint density at radius 2 is 1.70 bits per heavy atom. The Hall–Kier alpha value is -1.15. The van der Waals surface area contributed by atoms with Crippen LogP contribution in [-0.2, 0) is 10.0 Å². The van der Waals surface area contributed by atoms with Gasteiger partial charge in [0.15, 0.2) is 0 Å². The third kappa shape index (κ3) is 3.88. The zero-order chi connectivity index (χ0) is 18.3. The molecule has 1 N–H and O–H groups in total. The van der Waals surface area contributed by atoms with Gasteiger partial charge in [-0.05, 0) is 49.3 Å². The third-order valence-electron chi connectivity index (χ3n) is 6.07. The minimum absolute atomic E-state index is 0. The molecule has 8 heteroatoms. The van der Waals surface area contributed by atoms with E-state index < -0.39 is 10.0 Å². The van der Waals surface area contributed by atoms with Gasteiger partial charge in [0.25, 0.3) is 5.91 Å². The molecular formula is C19H28ClN3O3S. The van der Waals surface area contributed by atoms with E-state index in [-0.39, 0.29) is 23.2 Å². The number of sulfonamides is 1. The highest BCUT2D eigenvalue weighted by molar-refractivity contribution is 7.89. The van der Waals surface area contributed by atoms with Crippen molar-refractivity contribution in [1.29, 1.82) is 0 Å². The second-order valence-electron chi connectivity index (χ2n) is 7.83. The quantitative estimate of drug-likeness (QED) is 0.821. The van der Waals surface area contributed by atoms with Gasteiger partial charge in [0.2, 0.25) is 10.0 Å². The lowest BCUT2D eigenvalue weighted by Crippen LogP contribution is -2.36. The van der Waals surface area contributed by atoms with Gasteiger partial charge in [0.1, 0.15) is 0 Å². The van der Waals surface area contributed by atoms with Gasteiger partial charge >= 0.3 is 0 Å². The summed E-state index contributed by atoms with van der Waals surface area (Å²) in [6.45, 7) is 6.48. The standard InChI is InChI=1S/C19H27N3O3S.ClH/c1-14-5-6-17(26(24,25)22-7-3-2-4-8-22)9-18(14)19(23)21-12-15-10-20-11-16(15)13-21;/h5-6,9,15-16,20H,2-4,7-8,10-13H2,1H3;1H/t15-,16+;. The van der Waals surface area contributed by atoms with E-state index in [1.165, 1.54) is 0 Å². The Bertz CT molecular complexity index is 796. The summed E-state index contributed by atoms with van der Waals surface area (Å²) in [4.78, 5) is 15.2. The largest absolute Gasteiger partial charge is 0.338 e. The molecule has 1 aromatic carbocycles. The summed E-state index contributed by atoms with van der Waals surface area (Å²) in [5.74, 6) is 1.02. The first-order chi connectivity index (χ1) is 12.5. The molecule has 0 aliphatic carbocycles. The minimum Gasteiger partial charge on any atom is -0.338 e. The lowest BCUT2D eigenvalue weighted by atomic mass is 10.0. The molecular weight excluding hydrogens is 386 g/mol. The van der Waals surface area contributed by atoms with E-state index in [9.17, 15) is 13.2 Å². The lowest BCUT2D eigenvalue weighted by molar-refractivity contribution is 0.0780. The number of hydrogen-bond donors (Lipinski definition) is 1. The van der Waals surface area contributed by atoms with Crippen LogP contribution in [0, 0.1) is 18.8 Å². The van der Waals surface area contributed by atoms with Crippen molar-refractivity contribution in [3.63, 3.8) is 0 Å². The van der Waals surface area contributed by atoms with Crippen molar-refractivity contribution < 1.29 is 13.2 Å². The predicted octanol–water partition coefficient (Wildman–Crippen LogP) is 1.88. The van der Waals surface area contributed by atoms with Crippen molar-refractivity contribution in [2.45, 2.75) is 31.1 Å². The van der Waals surface area contributed by atoms with Gasteiger partial charge in [0.05, 0.1) is 4.90 Å². The number of fused-ring (bicyclic) bond motifs is 1. The Balaban J connectivity index is 0.00000210. The first-order valence-corrected chi connectivity index (χ1v) is 11.0. The van der Waals surface area contributed by atoms with Crippen molar-refractivity contribution in [1.82, 2.24) is 14.5 Å². The van der Waals surface area contributed by atoms with E-state index in [0.29, 0.717) is 30.5 Å². The number of hydrogen-bond acceptors (Lipinski definition) is 4. The molecule has 0 radical (unpaired) electrons. The molecule has 1 aromatic rings. The number of aryl methyl sites for hydroxylation is 1. The van der Waals surface area contributed by atoms with Crippen LogP contribution in [0.3, 0.4) is 0 Å². The van der Waals surface area contributed by atoms with Crippen molar-refractivity contribution in [3.8, 4) is 0 Å². The van der Waals surface area contributed by atoms with Crippen molar-refractivity contribution in [2.75, 3.05) is 39.3 Å². The number of piperidine rings is 1. The molecule has 4 rings (SSSR count). The zero-order valence-electron chi connectivity index (χ0n) is 15.7. The van der Waals surface area contributed by atoms with Crippen LogP contribution in [-0.4, -0.2) is 62.8 Å². The highest BCUT2D eigenvalue weighted by Gasteiger charge is 2.38. The van der Waals surface area contributed by atoms with Gasteiger partial charge in [-0.1, -0.05) is 12.5 Å². The summed E-state index contributed by atoms with van der Waals surface area (Å²) in [7, 11) is -3.52. The lowest BCUT2D eigenvalue weighted by Gasteiger charge is -2.26. The highest BCUT2D eigenvalue weighted by atomic mass is 35.5. The molecule has 0 bridgehead atoms. The fourth-order valence-corrected chi connectivity index (χ4v) is 5.98. The monoisotopic (exact) mass is 413 g/mol. The molecule has 0 spiro atoms. The molecule has 0 aromatic heterocycles. The van der Waals surface area contributed by atoms with E-state index in [0.717, 1.165) is 51.0 Å². The van der Waals surface area contributed by atoms with E-state index in [1.54, 1.807) is 22.5 Å². The van der Waals surface area contributed by atoms with Crippen LogP contribution in [0.15, 0.2) is 23.1 Å². The number of likely N-dealkylation sites (tertiary alicyclic amines) is 1. The first kappa shape index (κ1) is 20.6. The summed E-state index contributed by atoms with van der Waals surface area (Å²) >= 11 is 0. The van der Waals surface area contributed by atoms with E-state index >= 15 is 0 Å². The van der Waals surface area contributed by atoms with Crippen LogP contribution in [0.4, 0.5) is 0 Å². The van der Waals surface area contributed by atoms with Gasteiger partial charge in [-0.2, -0.15) is 4.31 Å². The fraction of sp³-hybridized carbons (Fsp3) is 0.632. The van der Waals surface area contributed by atoms with Crippen LogP contribution >= 0.6 is 12.4 Å². The summed E-state index contributed by atoms with van der Waals surface area (Å²) in [5.41, 5.74) is 1.36. The summed E-state index contributed by atoms with van der Waals surface area (Å²) in [5, 5.41) is 3.38. The molecule has 27 heavy (non-hydrogen) atoms. The van der Waals surface area contributed by atoms with Crippen LogP contribution in [0.2, 0.25) is 0 Å².